The Hall–Kier alpha value is -0.0800. The fourth-order valence-electron chi connectivity index (χ4n) is 3.21. The van der Waals surface area contributed by atoms with Crippen LogP contribution >= 0.6 is 0 Å². The van der Waals surface area contributed by atoms with E-state index < -0.39 is 6.29 Å². The summed E-state index contributed by atoms with van der Waals surface area (Å²) in [5.74, 6) is 1.71. The molecule has 0 aromatic rings. The first-order chi connectivity index (χ1) is 6.04. The average Bonchev–Trinajstić information content (AvgIpc) is 2.50. The molecule has 2 fully saturated rings. The molecule has 0 amide bonds. The Balaban J connectivity index is 2.20. The van der Waals surface area contributed by atoms with Crippen molar-refractivity contribution in [3.63, 3.8) is 0 Å². The summed E-state index contributed by atoms with van der Waals surface area (Å²) in [6, 6.07) is 0. The number of hydrogen-bond acceptors (Lipinski definition) is 2. The number of hydrogen-bond donors (Lipinski definition) is 1. The van der Waals surface area contributed by atoms with Crippen LogP contribution in [0.2, 0.25) is 0 Å². The van der Waals surface area contributed by atoms with Gasteiger partial charge in [-0.3, -0.25) is 0 Å². The van der Waals surface area contributed by atoms with E-state index in [1.54, 1.807) is 0 Å². The van der Waals surface area contributed by atoms with Gasteiger partial charge in [0.15, 0.2) is 6.29 Å². The van der Waals surface area contributed by atoms with E-state index in [2.05, 4.69) is 20.8 Å². The van der Waals surface area contributed by atoms with Crippen molar-refractivity contribution in [2.75, 3.05) is 6.61 Å². The summed E-state index contributed by atoms with van der Waals surface area (Å²) in [6.07, 6.45) is 1.98. The molecule has 2 aliphatic rings. The van der Waals surface area contributed by atoms with E-state index in [1.807, 2.05) is 0 Å². The molecular weight excluding hydrogens is 164 g/mol. The highest BCUT2D eigenvalue weighted by molar-refractivity contribution is 4.99. The van der Waals surface area contributed by atoms with Crippen LogP contribution in [0, 0.1) is 23.2 Å². The van der Waals surface area contributed by atoms with Gasteiger partial charge in [0.05, 0.1) is 6.61 Å². The number of ether oxygens (including phenoxy) is 1. The van der Waals surface area contributed by atoms with E-state index in [9.17, 15) is 5.11 Å². The Kier molecular flexibility index (Phi) is 2.16. The molecule has 1 aliphatic heterocycles. The maximum atomic E-state index is 9.76. The summed E-state index contributed by atoms with van der Waals surface area (Å²) in [4.78, 5) is 0. The fourth-order valence-corrected chi connectivity index (χ4v) is 3.21. The van der Waals surface area contributed by atoms with Crippen LogP contribution in [0.15, 0.2) is 0 Å². The van der Waals surface area contributed by atoms with Crippen molar-refractivity contribution in [2.24, 2.45) is 23.2 Å². The lowest BCUT2D eigenvalue weighted by molar-refractivity contribution is -0.0959. The fraction of sp³-hybridized carbons (Fsp3) is 1.00. The molecule has 0 spiro atoms. The smallest absolute Gasteiger partial charge is 0.158 e. The third-order valence-electron chi connectivity index (χ3n) is 4.06. The van der Waals surface area contributed by atoms with Gasteiger partial charge in [-0.1, -0.05) is 20.8 Å². The minimum absolute atomic E-state index is 0.258. The molecule has 4 atom stereocenters. The molecule has 0 aromatic carbocycles. The Morgan fingerprint density at radius 2 is 2.15 bits per heavy atom. The Morgan fingerprint density at radius 1 is 1.46 bits per heavy atom. The Labute approximate surface area is 80.3 Å². The maximum Gasteiger partial charge on any atom is 0.158 e. The first kappa shape index (κ1) is 9.47. The van der Waals surface area contributed by atoms with Gasteiger partial charge in [0, 0.05) is 5.92 Å². The lowest BCUT2D eigenvalue weighted by atomic mass is 9.76. The first-order valence-electron chi connectivity index (χ1n) is 5.34. The van der Waals surface area contributed by atoms with Crippen molar-refractivity contribution in [3.8, 4) is 0 Å². The van der Waals surface area contributed by atoms with E-state index in [0.29, 0.717) is 17.8 Å². The Bertz CT molecular complexity index is 202. The van der Waals surface area contributed by atoms with Gasteiger partial charge in [0.2, 0.25) is 0 Å². The van der Waals surface area contributed by atoms with Crippen molar-refractivity contribution >= 4 is 0 Å². The zero-order valence-corrected chi connectivity index (χ0v) is 8.79. The maximum absolute atomic E-state index is 9.76. The van der Waals surface area contributed by atoms with Crippen LogP contribution in [0.3, 0.4) is 0 Å². The van der Waals surface area contributed by atoms with E-state index in [0.717, 1.165) is 6.61 Å². The number of aliphatic hydroxyl groups is 1. The van der Waals surface area contributed by atoms with Crippen LogP contribution in [-0.2, 0) is 4.74 Å². The molecule has 4 unspecified atom stereocenters. The van der Waals surface area contributed by atoms with Crippen LogP contribution in [0.5, 0.6) is 0 Å². The van der Waals surface area contributed by atoms with Crippen LogP contribution in [0.1, 0.15) is 33.6 Å². The van der Waals surface area contributed by atoms with Crippen LogP contribution in [0.25, 0.3) is 0 Å². The molecule has 0 aromatic heterocycles. The van der Waals surface area contributed by atoms with Gasteiger partial charge in [-0.05, 0) is 30.1 Å². The second kappa shape index (κ2) is 2.96. The summed E-state index contributed by atoms with van der Waals surface area (Å²) < 4.78 is 5.36. The van der Waals surface area contributed by atoms with Crippen molar-refractivity contribution in [1.29, 1.82) is 0 Å². The second-order valence-corrected chi connectivity index (χ2v) is 5.33. The standard InChI is InChI=1S/C11H20O2/c1-7(2)8-4-5-11(3)6-13-10(12)9(8)11/h7-10,12H,4-6H2,1-3H3. The largest absolute Gasteiger partial charge is 0.368 e. The Morgan fingerprint density at radius 3 is 2.77 bits per heavy atom. The summed E-state index contributed by atoms with van der Waals surface area (Å²) >= 11 is 0. The first-order valence-corrected chi connectivity index (χ1v) is 5.34. The molecule has 0 radical (unpaired) electrons. The molecule has 1 saturated carbocycles. The summed E-state index contributed by atoms with van der Waals surface area (Å²) in [5, 5.41) is 9.76. The molecule has 2 nitrogen and oxygen atoms in total. The molecule has 13 heavy (non-hydrogen) atoms. The minimum atomic E-state index is -0.500. The third kappa shape index (κ3) is 1.31. The molecule has 1 heterocycles. The number of rotatable bonds is 1. The highest BCUT2D eigenvalue weighted by atomic mass is 16.6. The second-order valence-electron chi connectivity index (χ2n) is 5.33. The highest BCUT2D eigenvalue weighted by Gasteiger charge is 2.54. The van der Waals surface area contributed by atoms with Gasteiger partial charge in [-0.2, -0.15) is 0 Å². The van der Waals surface area contributed by atoms with Crippen LogP contribution in [0.4, 0.5) is 0 Å². The van der Waals surface area contributed by atoms with Crippen LogP contribution < -0.4 is 0 Å². The average molecular weight is 184 g/mol. The van der Waals surface area contributed by atoms with Crippen LogP contribution in [-0.4, -0.2) is 18.0 Å². The quantitative estimate of drug-likeness (QED) is 0.675. The van der Waals surface area contributed by atoms with E-state index in [4.69, 9.17) is 4.74 Å². The molecule has 1 saturated heterocycles. The van der Waals surface area contributed by atoms with Gasteiger partial charge in [0.25, 0.3) is 0 Å². The molecule has 1 N–H and O–H groups in total. The molecule has 1 aliphatic carbocycles. The topological polar surface area (TPSA) is 29.5 Å². The van der Waals surface area contributed by atoms with Crippen molar-refractivity contribution < 1.29 is 9.84 Å². The molecular formula is C11H20O2. The number of aliphatic hydroxyl groups excluding tert-OH is 1. The normalized spacial score (nSPS) is 50.1. The molecule has 2 rings (SSSR count). The summed E-state index contributed by atoms with van der Waals surface area (Å²) in [7, 11) is 0. The van der Waals surface area contributed by atoms with Crippen molar-refractivity contribution in [3.05, 3.63) is 0 Å². The number of fused-ring (bicyclic) bond motifs is 1. The molecule has 0 bridgehead atoms. The highest BCUT2D eigenvalue weighted by Crippen LogP contribution is 2.54. The van der Waals surface area contributed by atoms with E-state index >= 15 is 0 Å². The van der Waals surface area contributed by atoms with Crippen molar-refractivity contribution in [2.45, 2.75) is 39.9 Å². The lowest BCUT2D eigenvalue weighted by Gasteiger charge is -2.28. The predicted molar refractivity (Wildman–Crippen MR) is 51.1 cm³/mol. The van der Waals surface area contributed by atoms with E-state index in [1.165, 1.54) is 12.8 Å². The predicted octanol–water partition coefficient (Wildman–Crippen LogP) is 2.02. The van der Waals surface area contributed by atoms with Gasteiger partial charge < -0.3 is 9.84 Å². The van der Waals surface area contributed by atoms with Gasteiger partial charge >= 0.3 is 0 Å². The van der Waals surface area contributed by atoms with Gasteiger partial charge in [0.1, 0.15) is 0 Å². The monoisotopic (exact) mass is 184 g/mol. The van der Waals surface area contributed by atoms with Gasteiger partial charge in [-0.15, -0.1) is 0 Å². The lowest BCUT2D eigenvalue weighted by Crippen LogP contribution is -2.30. The SMILES string of the molecule is CC(C)C1CCC2(C)COC(O)C12. The zero-order chi connectivity index (χ0) is 9.64. The molecule has 76 valence electrons. The van der Waals surface area contributed by atoms with Gasteiger partial charge in [-0.25, -0.2) is 0 Å². The zero-order valence-electron chi connectivity index (χ0n) is 8.79. The third-order valence-corrected chi connectivity index (χ3v) is 4.06. The summed E-state index contributed by atoms with van der Waals surface area (Å²) in [5.41, 5.74) is 0.258. The van der Waals surface area contributed by atoms with Crippen molar-refractivity contribution in [1.82, 2.24) is 0 Å². The molecule has 2 heteroatoms. The van der Waals surface area contributed by atoms with E-state index in [-0.39, 0.29) is 5.41 Å². The summed E-state index contributed by atoms with van der Waals surface area (Å²) in [6.45, 7) is 7.52. The minimum Gasteiger partial charge on any atom is -0.368 e.